The Hall–Kier alpha value is -1.80. The van der Waals surface area contributed by atoms with Crippen LogP contribution in [0.2, 0.25) is 0 Å². The number of rotatable bonds is 2. The van der Waals surface area contributed by atoms with Crippen LogP contribution in [0.1, 0.15) is 35.6 Å². The molecule has 3 nitrogen and oxygen atoms in total. The normalized spacial score (nSPS) is 14.4. The first-order valence-corrected chi connectivity index (χ1v) is 6.53. The van der Waals surface area contributed by atoms with E-state index < -0.39 is 5.82 Å². The third kappa shape index (κ3) is 2.13. The second-order valence-corrected chi connectivity index (χ2v) is 5.24. The summed E-state index contributed by atoms with van der Waals surface area (Å²) in [6.07, 6.45) is 4.26. The van der Waals surface area contributed by atoms with Gasteiger partial charge in [0.1, 0.15) is 11.9 Å². The van der Waals surface area contributed by atoms with Crippen molar-refractivity contribution in [1.82, 2.24) is 9.55 Å². The number of aromatic nitrogens is 2. The second kappa shape index (κ2) is 4.39. The summed E-state index contributed by atoms with van der Waals surface area (Å²) in [5, 5.41) is 9.49. The van der Waals surface area contributed by atoms with Gasteiger partial charge in [0.05, 0.1) is 16.9 Å². The molecule has 0 N–H and O–H groups in total. The van der Waals surface area contributed by atoms with Gasteiger partial charge < -0.3 is 0 Å². The maximum Gasteiger partial charge on any atom is 0.169 e. The Bertz CT molecular complexity index is 695. The Morgan fingerprint density at radius 2 is 2.21 bits per heavy atom. The Balaban J connectivity index is 2.13. The molecule has 0 aliphatic heterocycles. The lowest BCUT2D eigenvalue weighted by atomic mass is 10.1. The van der Waals surface area contributed by atoms with Crippen LogP contribution in [0.25, 0.3) is 5.69 Å². The third-order valence-electron chi connectivity index (χ3n) is 3.37. The standard InChI is InChI=1S/C14H12FN3S/c1-8-4-11(15)10(6-16)5-13(8)18-7-12(9-2-3-9)17-14(18)19/h4-5,7,9H,2-3H2,1H3,(H,17,19). The molecule has 0 unspecified atom stereocenters. The fourth-order valence-electron chi connectivity index (χ4n) is 2.15. The summed E-state index contributed by atoms with van der Waals surface area (Å²) in [5.41, 5.74) is 2.57. The molecule has 19 heavy (non-hydrogen) atoms. The van der Waals surface area contributed by atoms with Crippen molar-refractivity contribution in [2.75, 3.05) is 0 Å². The number of halogens is 1. The highest BCUT2D eigenvalue weighted by molar-refractivity contribution is 7.80. The largest absolute Gasteiger partial charge is 0.294 e. The van der Waals surface area contributed by atoms with Crippen molar-refractivity contribution < 1.29 is 4.39 Å². The van der Waals surface area contributed by atoms with E-state index in [4.69, 9.17) is 5.26 Å². The van der Waals surface area contributed by atoms with Gasteiger partial charge in [-0.2, -0.15) is 5.26 Å². The average molecular weight is 273 g/mol. The van der Waals surface area contributed by atoms with Crippen LogP contribution in [-0.2, 0) is 0 Å². The molecule has 1 aromatic carbocycles. The molecule has 0 atom stereocenters. The number of thiol groups is 1. The van der Waals surface area contributed by atoms with Crippen molar-refractivity contribution in [3.05, 3.63) is 41.0 Å². The smallest absolute Gasteiger partial charge is 0.169 e. The number of nitrogens with zero attached hydrogens (tertiary/aromatic N) is 3. The SMILES string of the molecule is Cc1cc(F)c(C#N)cc1-n1cc(C2CC2)nc1S. The van der Waals surface area contributed by atoms with E-state index in [1.807, 2.05) is 23.8 Å². The molecule has 0 amide bonds. The van der Waals surface area contributed by atoms with Gasteiger partial charge in [0.2, 0.25) is 0 Å². The maximum atomic E-state index is 13.5. The van der Waals surface area contributed by atoms with Crippen molar-refractivity contribution >= 4 is 12.6 Å². The van der Waals surface area contributed by atoms with Crippen LogP contribution in [0.3, 0.4) is 0 Å². The summed E-state index contributed by atoms with van der Waals surface area (Å²) in [4.78, 5) is 4.42. The third-order valence-corrected chi connectivity index (χ3v) is 3.68. The maximum absolute atomic E-state index is 13.5. The van der Waals surface area contributed by atoms with Crippen LogP contribution in [0.4, 0.5) is 4.39 Å². The molecule has 96 valence electrons. The van der Waals surface area contributed by atoms with E-state index in [-0.39, 0.29) is 5.56 Å². The van der Waals surface area contributed by atoms with Gasteiger partial charge in [-0.05, 0) is 37.5 Å². The zero-order valence-corrected chi connectivity index (χ0v) is 11.3. The quantitative estimate of drug-likeness (QED) is 0.852. The Labute approximate surface area is 116 Å². The van der Waals surface area contributed by atoms with Crippen molar-refractivity contribution in [3.63, 3.8) is 0 Å². The van der Waals surface area contributed by atoms with E-state index in [0.717, 1.165) is 29.8 Å². The summed E-state index contributed by atoms with van der Waals surface area (Å²) in [6, 6.07) is 4.78. The minimum absolute atomic E-state index is 0.0370. The van der Waals surface area contributed by atoms with E-state index in [9.17, 15) is 4.39 Å². The molecular weight excluding hydrogens is 261 g/mol. The molecule has 5 heteroatoms. The predicted octanol–water partition coefficient (Wildman–Crippen LogP) is 3.36. The monoisotopic (exact) mass is 273 g/mol. The van der Waals surface area contributed by atoms with Gasteiger partial charge in [0.25, 0.3) is 0 Å². The number of nitriles is 1. The minimum Gasteiger partial charge on any atom is -0.294 e. The first-order valence-electron chi connectivity index (χ1n) is 6.09. The van der Waals surface area contributed by atoms with Gasteiger partial charge in [0, 0.05) is 12.1 Å². The van der Waals surface area contributed by atoms with Gasteiger partial charge in [-0.3, -0.25) is 4.57 Å². The highest BCUT2D eigenvalue weighted by Gasteiger charge is 2.27. The fraction of sp³-hybridized carbons (Fsp3) is 0.286. The van der Waals surface area contributed by atoms with E-state index >= 15 is 0 Å². The topological polar surface area (TPSA) is 41.6 Å². The number of hydrogen-bond donors (Lipinski definition) is 1. The zero-order chi connectivity index (χ0) is 13.6. The van der Waals surface area contributed by atoms with Crippen LogP contribution < -0.4 is 0 Å². The molecule has 1 saturated carbocycles. The molecule has 0 spiro atoms. The summed E-state index contributed by atoms with van der Waals surface area (Å²) in [7, 11) is 0. The predicted molar refractivity (Wildman–Crippen MR) is 72.2 cm³/mol. The molecule has 1 aromatic heterocycles. The van der Waals surface area contributed by atoms with E-state index in [2.05, 4.69) is 17.6 Å². The van der Waals surface area contributed by atoms with Crippen LogP contribution in [0.5, 0.6) is 0 Å². The number of hydrogen-bond acceptors (Lipinski definition) is 3. The van der Waals surface area contributed by atoms with Crippen LogP contribution in [0, 0.1) is 24.1 Å². The Morgan fingerprint density at radius 3 is 2.84 bits per heavy atom. The summed E-state index contributed by atoms with van der Waals surface area (Å²) >= 11 is 4.36. The van der Waals surface area contributed by atoms with Gasteiger partial charge in [-0.25, -0.2) is 9.37 Å². The molecule has 1 heterocycles. The lowest BCUT2D eigenvalue weighted by Gasteiger charge is -2.09. The number of aryl methyl sites for hydroxylation is 1. The van der Waals surface area contributed by atoms with E-state index in [1.54, 1.807) is 6.07 Å². The molecule has 1 fully saturated rings. The molecular formula is C14H12FN3S. The van der Waals surface area contributed by atoms with Gasteiger partial charge in [0.15, 0.2) is 5.16 Å². The van der Waals surface area contributed by atoms with Crippen LogP contribution >= 0.6 is 12.6 Å². The second-order valence-electron chi connectivity index (χ2n) is 4.84. The zero-order valence-electron chi connectivity index (χ0n) is 10.4. The summed E-state index contributed by atoms with van der Waals surface area (Å²) in [5.74, 6) is 0.0373. The van der Waals surface area contributed by atoms with Gasteiger partial charge in [-0.15, -0.1) is 12.6 Å². The average Bonchev–Trinajstić information content (AvgIpc) is 3.14. The van der Waals surface area contributed by atoms with Crippen LogP contribution in [-0.4, -0.2) is 9.55 Å². The molecule has 3 rings (SSSR count). The number of imidazole rings is 1. The van der Waals surface area contributed by atoms with Crippen LogP contribution in [0.15, 0.2) is 23.5 Å². The Kier molecular flexibility index (Phi) is 2.83. The van der Waals surface area contributed by atoms with Crippen molar-refractivity contribution in [3.8, 4) is 11.8 Å². The Morgan fingerprint density at radius 1 is 1.47 bits per heavy atom. The highest BCUT2D eigenvalue weighted by Crippen LogP contribution is 2.40. The highest BCUT2D eigenvalue weighted by atomic mass is 32.1. The van der Waals surface area contributed by atoms with Gasteiger partial charge >= 0.3 is 0 Å². The first-order chi connectivity index (χ1) is 9.10. The minimum atomic E-state index is -0.494. The van der Waals surface area contributed by atoms with Gasteiger partial charge in [-0.1, -0.05) is 0 Å². The molecule has 2 aromatic rings. The summed E-state index contributed by atoms with van der Waals surface area (Å²) < 4.78 is 15.3. The molecule has 1 aliphatic rings. The molecule has 0 saturated heterocycles. The van der Waals surface area contributed by atoms with Crippen molar-refractivity contribution in [2.45, 2.75) is 30.8 Å². The first kappa shape index (κ1) is 12.2. The van der Waals surface area contributed by atoms with E-state index in [1.165, 1.54) is 6.07 Å². The molecule has 0 bridgehead atoms. The summed E-state index contributed by atoms with van der Waals surface area (Å²) in [6.45, 7) is 1.81. The van der Waals surface area contributed by atoms with Crippen molar-refractivity contribution in [1.29, 1.82) is 5.26 Å². The molecule has 0 radical (unpaired) electrons. The number of benzene rings is 1. The van der Waals surface area contributed by atoms with Crippen molar-refractivity contribution in [2.24, 2.45) is 0 Å². The lowest BCUT2D eigenvalue weighted by Crippen LogP contribution is -1.99. The fourth-order valence-corrected chi connectivity index (χ4v) is 2.43. The lowest BCUT2D eigenvalue weighted by molar-refractivity contribution is 0.621. The van der Waals surface area contributed by atoms with E-state index in [0.29, 0.717) is 11.1 Å². The molecule has 1 aliphatic carbocycles.